The first kappa shape index (κ1) is 22.2. The monoisotopic (exact) mass is 441 g/mol. The minimum Gasteiger partial charge on any atom is -0.399 e. The topological polar surface area (TPSA) is 75.7 Å². The maximum atomic E-state index is 6.18. The number of nitrogens with zero attached hydrogens (tertiary/aromatic N) is 5. The molecule has 0 saturated carbocycles. The highest BCUT2D eigenvalue weighted by Gasteiger charge is 2.51. The minimum atomic E-state index is -1.12. The summed E-state index contributed by atoms with van der Waals surface area (Å²) in [7, 11) is -1.53. The van der Waals surface area contributed by atoms with Crippen LogP contribution in [0.1, 0.15) is 27.7 Å². The summed E-state index contributed by atoms with van der Waals surface area (Å²) in [5.41, 5.74) is 1.91. The molecule has 4 rings (SSSR count). The van der Waals surface area contributed by atoms with E-state index in [0.717, 1.165) is 29.3 Å². The Bertz CT molecular complexity index is 1060. The molecule has 0 aromatic carbocycles. The van der Waals surface area contributed by atoms with Gasteiger partial charge in [-0.05, 0) is 45.3 Å². The zero-order chi connectivity index (χ0) is 22.4. The van der Waals surface area contributed by atoms with Crippen LogP contribution in [0.25, 0.3) is 17.0 Å². The van der Waals surface area contributed by atoms with Gasteiger partial charge in [-0.2, -0.15) is 0 Å². The van der Waals surface area contributed by atoms with Crippen LogP contribution in [0.15, 0.2) is 31.0 Å². The Balaban J connectivity index is 1.53. The fraction of sp³-hybridized carbons (Fsp3) is 0.571. The van der Waals surface area contributed by atoms with Crippen molar-refractivity contribution in [2.24, 2.45) is 0 Å². The Kier molecular flexibility index (Phi) is 5.62. The summed E-state index contributed by atoms with van der Waals surface area (Å²) in [5, 5.41) is 8.37. The smallest absolute Gasteiger partial charge is 0.399 e. The van der Waals surface area contributed by atoms with Gasteiger partial charge in [0.05, 0.1) is 16.7 Å². The number of imidazole rings is 1. The Hall–Kier alpha value is -2.01. The largest absolute Gasteiger partial charge is 0.496 e. The van der Waals surface area contributed by atoms with Gasteiger partial charge < -0.3 is 18.4 Å². The summed E-state index contributed by atoms with van der Waals surface area (Å²) >= 11 is 0. The van der Waals surface area contributed by atoms with E-state index in [2.05, 4.69) is 62.5 Å². The molecule has 166 valence electrons. The number of fused-ring (bicyclic) bond motifs is 1. The molecule has 10 heteroatoms. The predicted molar refractivity (Wildman–Crippen MR) is 124 cm³/mol. The number of ether oxygens (including phenoxy) is 1. The van der Waals surface area contributed by atoms with Gasteiger partial charge in [0.1, 0.15) is 25.1 Å². The van der Waals surface area contributed by atoms with Crippen LogP contribution in [0.4, 0.5) is 0 Å². The molecule has 0 radical (unpaired) electrons. The summed E-state index contributed by atoms with van der Waals surface area (Å²) in [6.07, 6.45) is 5.47. The van der Waals surface area contributed by atoms with Gasteiger partial charge >= 0.3 is 7.12 Å². The number of hydrogen-bond donors (Lipinski definition) is 0. The fourth-order valence-electron chi connectivity index (χ4n) is 3.38. The van der Waals surface area contributed by atoms with Gasteiger partial charge in [-0.15, -0.1) is 10.2 Å². The first-order valence-corrected chi connectivity index (χ1v) is 14.5. The molecule has 0 bridgehead atoms. The van der Waals surface area contributed by atoms with E-state index in [4.69, 9.17) is 14.0 Å². The second-order valence-corrected chi connectivity index (χ2v) is 16.0. The zero-order valence-electron chi connectivity index (χ0n) is 19.5. The van der Waals surface area contributed by atoms with Crippen molar-refractivity contribution in [2.75, 3.05) is 6.61 Å². The van der Waals surface area contributed by atoms with Crippen LogP contribution < -0.4 is 5.46 Å². The molecule has 3 aromatic rings. The predicted octanol–water partition coefficient (Wildman–Crippen LogP) is 3.20. The van der Waals surface area contributed by atoms with Crippen LogP contribution in [-0.4, -0.2) is 57.2 Å². The van der Waals surface area contributed by atoms with Crippen molar-refractivity contribution in [1.82, 2.24) is 24.1 Å². The van der Waals surface area contributed by atoms with Gasteiger partial charge in [-0.1, -0.05) is 25.7 Å². The SMILES string of the molecule is CC1(C)OB(c2ccc3c(-c4nncn4COCC[Si](C)(C)C)ncn3c2)OC1(C)C. The summed E-state index contributed by atoms with van der Waals surface area (Å²) in [4.78, 5) is 4.60. The van der Waals surface area contributed by atoms with E-state index in [1.807, 2.05) is 27.3 Å². The van der Waals surface area contributed by atoms with Crippen molar-refractivity contribution in [3.05, 3.63) is 31.0 Å². The first-order valence-electron chi connectivity index (χ1n) is 10.8. The minimum absolute atomic E-state index is 0.376. The molecule has 4 heterocycles. The number of aromatic nitrogens is 5. The van der Waals surface area contributed by atoms with E-state index in [1.165, 1.54) is 0 Å². The van der Waals surface area contributed by atoms with Gasteiger partial charge in [0.25, 0.3) is 0 Å². The fourth-order valence-corrected chi connectivity index (χ4v) is 4.14. The van der Waals surface area contributed by atoms with Gasteiger partial charge in [0.15, 0.2) is 5.82 Å². The lowest BCUT2D eigenvalue weighted by atomic mass is 9.80. The van der Waals surface area contributed by atoms with Gasteiger partial charge in [-0.25, -0.2) is 4.98 Å². The second kappa shape index (κ2) is 7.84. The molecule has 0 spiro atoms. The molecular formula is C21H32BN5O3Si. The van der Waals surface area contributed by atoms with Crippen LogP contribution in [-0.2, 0) is 20.8 Å². The average Bonchev–Trinajstić information content (AvgIpc) is 3.33. The molecule has 0 aliphatic carbocycles. The molecule has 0 N–H and O–H groups in total. The number of pyridine rings is 1. The Labute approximate surface area is 185 Å². The third-order valence-electron chi connectivity index (χ3n) is 6.13. The quantitative estimate of drug-likeness (QED) is 0.414. The Morgan fingerprint density at radius 3 is 2.45 bits per heavy atom. The summed E-state index contributed by atoms with van der Waals surface area (Å²) < 4.78 is 22.1. The van der Waals surface area contributed by atoms with E-state index in [9.17, 15) is 0 Å². The molecule has 8 nitrogen and oxygen atoms in total. The zero-order valence-corrected chi connectivity index (χ0v) is 20.5. The standard InChI is InChI=1S/C21H32BN5O3Si/c1-20(2)21(3,4)30-22(29-20)16-8-9-17-18(23-13-26(17)12-16)19-25-24-14-27(19)15-28-10-11-31(5,6)7/h8-9,12-14H,10-11,15H2,1-7H3. The molecule has 31 heavy (non-hydrogen) atoms. The van der Waals surface area contributed by atoms with Crippen LogP contribution in [0.3, 0.4) is 0 Å². The number of rotatable bonds is 7. The van der Waals surface area contributed by atoms with E-state index in [0.29, 0.717) is 12.6 Å². The third kappa shape index (κ3) is 4.48. The lowest BCUT2D eigenvalue weighted by Gasteiger charge is -2.32. The molecular weight excluding hydrogens is 409 g/mol. The average molecular weight is 441 g/mol. The summed E-state index contributed by atoms with van der Waals surface area (Å²) in [5.74, 6) is 0.693. The van der Waals surface area contributed by atoms with Crippen molar-refractivity contribution in [1.29, 1.82) is 0 Å². The van der Waals surface area contributed by atoms with Crippen molar-refractivity contribution in [3.63, 3.8) is 0 Å². The molecule has 1 fully saturated rings. The van der Waals surface area contributed by atoms with Crippen molar-refractivity contribution < 1.29 is 14.0 Å². The van der Waals surface area contributed by atoms with Crippen molar-refractivity contribution >= 4 is 26.2 Å². The molecule has 3 aromatic heterocycles. The third-order valence-corrected chi connectivity index (χ3v) is 7.84. The lowest BCUT2D eigenvalue weighted by Crippen LogP contribution is -2.41. The van der Waals surface area contributed by atoms with E-state index in [1.54, 1.807) is 12.7 Å². The number of hydrogen-bond acceptors (Lipinski definition) is 6. The Morgan fingerprint density at radius 1 is 1.06 bits per heavy atom. The van der Waals surface area contributed by atoms with E-state index >= 15 is 0 Å². The highest BCUT2D eigenvalue weighted by molar-refractivity contribution is 6.76. The highest BCUT2D eigenvalue weighted by Crippen LogP contribution is 2.36. The molecule has 0 unspecified atom stereocenters. The van der Waals surface area contributed by atoms with Crippen molar-refractivity contribution in [3.8, 4) is 11.5 Å². The van der Waals surface area contributed by atoms with E-state index < -0.39 is 15.2 Å². The summed E-state index contributed by atoms with van der Waals surface area (Å²) in [6, 6.07) is 5.17. The van der Waals surface area contributed by atoms with Crippen molar-refractivity contribution in [2.45, 2.75) is 71.3 Å². The lowest BCUT2D eigenvalue weighted by molar-refractivity contribution is 0.00578. The van der Waals surface area contributed by atoms with E-state index in [-0.39, 0.29) is 11.2 Å². The molecule has 1 aliphatic heterocycles. The second-order valence-electron chi connectivity index (χ2n) is 10.4. The van der Waals surface area contributed by atoms with Gasteiger partial charge in [0, 0.05) is 20.9 Å². The molecule has 1 aliphatic rings. The van der Waals surface area contributed by atoms with Crippen LogP contribution in [0, 0.1) is 0 Å². The van der Waals surface area contributed by atoms with Gasteiger partial charge in [0.2, 0.25) is 0 Å². The van der Waals surface area contributed by atoms with Crippen LogP contribution >= 0.6 is 0 Å². The van der Waals surface area contributed by atoms with Crippen LogP contribution in [0.5, 0.6) is 0 Å². The maximum absolute atomic E-state index is 6.18. The molecule has 0 atom stereocenters. The normalized spacial score (nSPS) is 18.2. The molecule has 0 amide bonds. The Morgan fingerprint density at radius 2 is 1.77 bits per heavy atom. The first-order chi connectivity index (χ1) is 14.5. The maximum Gasteiger partial charge on any atom is 0.496 e. The highest BCUT2D eigenvalue weighted by atomic mass is 28.3. The summed E-state index contributed by atoms with van der Waals surface area (Å²) in [6.45, 7) is 16.4. The molecule has 1 saturated heterocycles. The van der Waals surface area contributed by atoms with Crippen LogP contribution in [0.2, 0.25) is 25.7 Å². The van der Waals surface area contributed by atoms with Gasteiger partial charge in [-0.3, -0.25) is 4.57 Å².